The minimum atomic E-state index is -0.239. The van der Waals surface area contributed by atoms with Gasteiger partial charge in [-0.25, -0.2) is 0 Å². The van der Waals surface area contributed by atoms with Crippen LogP contribution in [0.4, 0.5) is 10.7 Å². The SMILES string of the molecule is Cc1ccc(C(=O)NC2CC2)cc1NC(=O)c1sc(NC(=O)C2CC2)cc1C. The molecule has 1 aromatic heterocycles. The number of anilines is 2. The van der Waals surface area contributed by atoms with E-state index in [0.29, 0.717) is 21.1 Å². The van der Waals surface area contributed by atoms with Gasteiger partial charge in [-0.05, 0) is 68.9 Å². The molecule has 0 saturated heterocycles. The Hall–Kier alpha value is -2.67. The molecule has 0 unspecified atom stereocenters. The van der Waals surface area contributed by atoms with E-state index in [-0.39, 0.29) is 29.7 Å². The van der Waals surface area contributed by atoms with Crippen molar-refractivity contribution in [2.45, 2.75) is 45.6 Å². The number of aryl methyl sites for hydroxylation is 2. The predicted molar refractivity (Wildman–Crippen MR) is 110 cm³/mol. The number of nitrogens with one attached hydrogen (secondary N) is 3. The Bertz CT molecular complexity index is 958. The summed E-state index contributed by atoms with van der Waals surface area (Å²) in [4.78, 5) is 37.6. The van der Waals surface area contributed by atoms with Crippen molar-refractivity contribution < 1.29 is 14.4 Å². The molecule has 2 aliphatic carbocycles. The molecule has 6 nitrogen and oxygen atoms in total. The first-order valence-electron chi connectivity index (χ1n) is 9.55. The van der Waals surface area contributed by atoms with Crippen LogP contribution in [0.5, 0.6) is 0 Å². The van der Waals surface area contributed by atoms with E-state index in [1.807, 2.05) is 26.0 Å². The average Bonchev–Trinajstić information content (AvgIpc) is 3.56. The first-order chi connectivity index (χ1) is 13.4. The third-order valence-corrected chi connectivity index (χ3v) is 6.13. The van der Waals surface area contributed by atoms with Gasteiger partial charge in [0.25, 0.3) is 11.8 Å². The van der Waals surface area contributed by atoms with Gasteiger partial charge in [-0.15, -0.1) is 11.3 Å². The summed E-state index contributed by atoms with van der Waals surface area (Å²) in [5.74, 6) is -0.210. The van der Waals surface area contributed by atoms with Crippen LogP contribution in [0, 0.1) is 19.8 Å². The Morgan fingerprint density at radius 3 is 2.36 bits per heavy atom. The predicted octanol–water partition coefficient (Wildman–Crippen LogP) is 3.86. The summed E-state index contributed by atoms with van der Waals surface area (Å²) in [7, 11) is 0. The van der Waals surface area contributed by atoms with Gasteiger partial charge >= 0.3 is 0 Å². The van der Waals surface area contributed by atoms with Crippen LogP contribution in [0.1, 0.15) is 56.8 Å². The van der Waals surface area contributed by atoms with Crippen LogP contribution in [-0.2, 0) is 4.79 Å². The zero-order chi connectivity index (χ0) is 19.8. The number of hydrogen-bond donors (Lipinski definition) is 3. The Morgan fingerprint density at radius 2 is 1.68 bits per heavy atom. The van der Waals surface area contributed by atoms with Crippen molar-refractivity contribution in [1.82, 2.24) is 5.32 Å². The fourth-order valence-corrected chi connectivity index (χ4v) is 3.88. The standard InChI is InChI=1S/C21H23N3O3S/c1-11-3-4-14(20(26)22-15-7-8-15)10-16(11)23-21(27)18-12(2)9-17(28-18)24-19(25)13-5-6-13/h3-4,9-10,13,15H,5-8H2,1-2H3,(H,22,26)(H,23,27)(H,24,25). The molecule has 0 spiro atoms. The Labute approximate surface area is 167 Å². The summed E-state index contributed by atoms with van der Waals surface area (Å²) >= 11 is 1.27. The van der Waals surface area contributed by atoms with Crippen molar-refractivity contribution in [3.05, 3.63) is 45.8 Å². The van der Waals surface area contributed by atoms with E-state index in [4.69, 9.17) is 0 Å². The molecule has 0 atom stereocenters. The van der Waals surface area contributed by atoms with E-state index in [1.54, 1.807) is 12.1 Å². The molecule has 4 rings (SSSR count). The lowest BCUT2D eigenvalue weighted by molar-refractivity contribution is -0.117. The maximum absolute atomic E-state index is 12.8. The van der Waals surface area contributed by atoms with Gasteiger partial charge in [-0.2, -0.15) is 0 Å². The van der Waals surface area contributed by atoms with Crippen LogP contribution in [-0.4, -0.2) is 23.8 Å². The molecule has 0 radical (unpaired) electrons. The summed E-state index contributed by atoms with van der Waals surface area (Å²) in [6, 6.07) is 7.42. The molecule has 28 heavy (non-hydrogen) atoms. The van der Waals surface area contributed by atoms with Gasteiger partial charge in [-0.3, -0.25) is 14.4 Å². The van der Waals surface area contributed by atoms with E-state index in [1.165, 1.54) is 11.3 Å². The molecule has 1 aromatic carbocycles. The Kier molecular flexibility index (Phi) is 4.93. The van der Waals surface area contributed by atoms with Crippen LogP contribution in [0.25, 0.3) is 0 Å². The molecule has 2 saturated carbocycles. The van der Waals surface area contributed by atoms with Crippen molar-refractivity contribution in [2.75, 3.05) is 10.6 Å². The molecule has 1 heterocycles. The highest BCUT2D eigenvalue weighted by Gasteiger charge is 2.30. The molecule has 3 N–H and O–H groups in total. The zero-order valence-electron chi connectivity index (χ0n) is 15.9. The van der Waals surface area contributed by atoms with Gasteiger partial charge in [0.05, 0.1) is 9.88 Å². The van der Waals surface area contributed by atoms with Crippen molar-refractivity contribution in [3.8, 4) is 0 Å². The third kappa shape index (κ3) is 4.25. The van der Waals surface area contributed by atoms with Crippen molar-refractivity contribution in [3.63, 3.8) is 0 Å². The van der Waals surface area contributed by atoms with Crippen molar-refractivity contribution >= 4 is 39.7 Å². The fourth-order valence-electron chi connectivity index (χ4n) is 2.91. The lowest BCUT2D eigenvalue weighted by Crippen LogP contribution is -2.25. The number of hydrogen-bond acceptors (Lipinski definition) is 4. The molecule has 146 valence electrons. The van der Waals surface area contributed by atoms with Crippen LogP contribution in [0.15, 0.2) is 24.3 Å². The van der Waals surface area contributed by atoms with Gasteiger partial charge in [0.2, 0.25) is 5.91 Å². The second-order valence-electron chi connectivity index (χ2n) is 7.62. The van der Waals surface area contributed by atoms with Gasteiger partial charge in [0.15, 0.2) is 0 Å². The molecule has 0 bridgehead atoms. The molecular formula is C21H23N3O3S. The third-order valence-electron chi connectivity index (χ3n) is 4.98. The summed E-state index contributed by atoms with van der Waals surface area (Å²) < 4.78 is 0. The average molecular weight is 398 g/mol. The van der Waals surface area contributed by atoms with Crippen molar-refractivity contribution in [2.24, 2.45) is 5.92 Å². The highest BCUT2D eigenvalue weighted by atomic mass is 32.1. The van der Waals surface area contributed by atoms with Gasteiger partial charge in [-0.1, -0.05) is 6.07 Å². The zero-order valence-corrected chi connectivity index (χ0v) is 16.7. The minimum Gasteiger partial charge on any atom is -0.349 e. The minimum absolute atomic E-state index is 0.0263. The molecule has 0 aliphatic heterocycles. The van der Waals surface area contributed by atoms with Gasteiger partial charge < -0.3 is 16.0 Å². The first kappa shape index (κ1) is 18.7. The molecule has 2 fully saturated rings. The lowest BCUT2D eigenvalue weighted by atomic mass is 10.1. The second-order valence-corrected chi connectivity index (χ2v) is 8.67. The molecule has 2 aliphatic rings. The number of amides is 3. The highest BCUT2D eigenvalue weighted by Crippen LogP contribution is 2.33. The largest absolute Gasteiger partial charge is 0.349 e. The van der Waals surface area contributed by atoms with E-state index >= 15 is 0 Å². The molecule has 7 heteroatoms. The van der Waals surface area contributed by atoms with E-state index in [9.17, 15) is 14.4 Å². The topological polar surface area (TPSA) is 87.3 Å². The fraction of sp³-hybridized carbons (Fsp3) is 0.381. The summed E-state index contributed by atoms with van der Waals surface area (Å²) in [5.41, 5.74) is 2.85. The van der Waals surface area contributed by atoms with Gasteiger partial charge in [0, 0.05) is 23.2 Å². The first-order valence-corrected chi connectivity index (χ1v) is 10.4. The van der Waals surface area contributed by atoms with Gasteiger partial charge in [0.1, 0.15) is 0 Å². The molecule has 2 aromatic rings. The Balaban J connectivity index is 1.47. The summed E-state index contributed by atoms with van der Waals surface area (Å²) in [5, 5.41) is 9.45. The van der Waals surface area contributed by atoms with Crippen LogP contribution in [0.2, 0.25) is 0 Å². The number of carbonyl (C=O) groups is 3. The quantitative estimate of drug-likeness (QED) is 0.692. The van der Waals surface area contributed by atoms with E-state index in [0.717, 1.165) is 36.8 Å². The Morgan fingerprint density at radius 1 is 0.929 bits per heavy atom. The number of carbonyl (C=O) groups excluding carboxylic acids is 3. The summed E-state index contributed by atoms with van der Waals surface area (Å²) in [6.45, 7) is 3.74. The maximum Gasteiger partial charge on any atom is 0.266 e. The van der Waals surface area contributed by atoms with E-state index in [2.05, 4.69) is 16.0 Å². The smallest absolute Gasteiger partial charge is 0.266 e. The highest BCUT2D eigenvalue weighted by molar-refractivity contribution is 7.18. The maximum atomic E-state index is 12.8. The normalized spacial score (nSPS) is 15.8. The van der Waals surface area contributed by atoms with Crippen molar-refractivity contribution in [1.29, 1.82) is 0 Å². The number of rotatable bonds is 6. The summed E-state index contributed by atoms with van der Waals surface area (Å²) in [6.07, 6.45) is 3.93. The lowest BCUT2D eigenvalue weighted by Gasteiger charge is -2.11. The van der Waals surface area contributed by atoms with Crippen LogP contribution >= 0.6 is 11.3 Å². The number of thiophene rings is 1. The van der Waals surface area contributed by atoms with Crippen LogP contribution in [0.3, 0.4) is 0 Å². The number of benzene rings is 1. The second kappa shape index (κ2) is 7.39. The molecular weight excluding hydrogens is 374 g/mol. The molecule has 3 amide bonds. The van der Waals surface area contributed by atoms with E-state index < -0.39 is 0 Å². The van der Waals surface area contributed by atoms with Crippen LogP contribution < -0.4 is 16.0 Å². The monoisotopic (exact) mass is 397 g/mol.